The van der Waals surface area contributed by atoms with E-state index in [1.807, 2.05) is 31.3 Å². The topological polar surface area (TPSA) is 67.3 Å². The van der Waals surface area contributed by atoms with Gasteiger partial charge in [0.05, 0.1) is 10.6 Å². The molecule has 0 radical (unpaired) electrons. The zero-order chi connectivity index (χ0) is 23.2. The van der Waals surface area contributed by atoms with Gasteiger partial charge in [0.1, 0.15) is 0 Å². The van der Waals surface area contributed by atoms with Gasteiger partial charge in [-0.1, -0.05) is 6.07 Å². The van der Waals surface area contributed by atoms with Gasteiger partial charge in [0.2, 0.25) is 0 Å². The maximum absolute atomic E-state index is 12.8. The number of carbonyl (C=O) groups is 1. The lowest BCUT2D eigenvalue weighted by atomic mass is 10.1. The molecule has 0 bridgehead atoms. The Morgan fingerprint density at radius 3 is 2.45 bits per heavy atom. The van der Waals surface area contributed by atoms with Crippen LogP contribution in [0.1, 0.15) is 21.5 Å². The summed E-state index contributed by atoms with van der Waals surface area (Å²) in [6.45, 7) is 0.626. The summed E-state index contributed by atoms with van der Waals surface area (Å²) >= 11 is 3.78. The van der Waals surface area contributed by atoms with Crippen molar-refractivity contribution in [3.05, 3.63) is 93.3 Å². The fraction of sp³-hybridized carbons (Fsp3) is 0.120. The largest absolute Gasteiger partial charge is 0.337 e. The predicted octanol–water partition coefficient (Wildman–Crippen LogP) is 5.64. The molecule has 33 heavy (non-hydrogen) atoms. The van der Waals surface area contributed by atoms with Gasteiger partial charge < -0.3 is 4.90 Å². The van der Waals surface area contributed by atoms with Crippen LogP contribution in [0.3, 0.4) is 0 Å². The van der Waals surface area contributed by atoms with Crippen LogP contribution in [0.4, 0.5) is 0 Å². The summed E-state index contributed by atoms with van der Waals surface area (Å²) in [6.07, 6.45) is 3.36. The van der Waals surface area contributed by atoms with Crippen LogP contribution in [0, 0.1) is 3.57 Å². The molecule has 0 N–H and O–H groups in total. The number of sulfone groups is 1. The summed E-state index contributed by atoms with van der Waals surface area (Å²) in [7, 11) is -1.64. The summed E-state index contributed by atoms with van der Waals surface area (Å²) in [5.41, 5.74) is 4.42. The van der Waals surface area contributed by atoms with E-state index in [-0.39, 0.29) is 11.7 Å². The second-order valence-corrected chi connectivity index (χ2v) is 12.3. The van der Waals surface area contributed by atoms with Crippen molar-refractivity contribution in [2.24, 2.45) is 0 Å². The molecule has 0 aliphatic carbocycles. The molecule has 1 amide bonds. The molecule has 1 aliphatic heterocycles. The van der Waals surface area contributed by atoms with Crippen molar-refractivity contribution in [2.75, 3.05) is 7.05 Å². The van der Waals surface area contributed by atoms with Gasteiger partial charge in [-0.05, 0) is 93.9 Å². The van der Waals surface area contributed by atoms with Crippen molar-refractivity contribution in [1.29, 1.82) is 0 Å². The van der Waals surface area contributed by atoms with Crippen LogP contribution >= 0.6 is 33.9 Å². The molecule has 2 aromatic carbocycles. The molecule has 5 nitrogen and oxygen atoms in total. The summed E-state index contributed by atoms with van der Waals surface area (Å²) < 4.78 is 26.7. The first-order chi connectivity index (χ1) is 15.8. The minimum Gasteiger partial charge on any atom is -0.337 e. The number of halogens is 1. The van der Waals surface area contributed by atoms with Crippen molar-refractivity contribution in [3.8, 4) is 20.9 Å². The average Bonchev–Trinajstić information content (AvgIpc) is 3.39. The van der Waals surface area contributed by atoms with Crippen molar-refractivity contribution in [1.82, 2.24) is 9.88 Å². The zero-order valence-electron chi connectivity index (χ0n) is 17.7. The molecule has 0 saturated heterocycles. The molecular weight excluding hydrogens is 567 g/mol. The van der Waals surface area contributed by atoms with Gasteiger partial charge in [-0.2, -0.15) is 0 Å². The average molecular weight is 586 g/mol. The highest BCUT2D eigenvalue weighted by Crippen LogP contribution is 2.36. The number of pyridine rings is 1. The lowest BCUT2D eigenvalue weighted by Crippen LogP contribution is -2.17. The number of fused-ring (bicyclic) bond motifs is 1. The summed E-state index contributed by atoms with van der Waals surface area (Å²) in [4.78, 5) is 20.6. The molecule has 1 aliphatic rings. The van der Waals surface area contributed by atoms with Crippen molar-refractivity contribution in [2.45, 2.75) is 17.2 Å². The molecule has 0 saturated carbocycles. The summed E-state index contributed by atoms with van der Waals surface area (Å²) in [5.74, 6) is -0.0366. The van der Waals surface area contributed by atoms with E-state index in [2.05, 4.69) is 39.7 Å². The van der Waals surface area contributed by atoms with E-state index in [4.69, 9.17) is 0 Å². The number of thiophene rings is 1. The van der Waals surface area contributed by atoms with E-state index in [1.54, 1.807) is 52.9 Å². The number of hydrogen-bond donors (Lipinski definition) is 0. The maximum Gasteiger partial charge on any atom is 0.254 e. The highest BCUT2D eigenvalue weighted by Gasteiger charge is 2.24. The SMILES string of the molecule is CN1Cc2cc(-c3ccc(-c4cncc(CS(=O)(=O)c5ccc(I)cc5)c4)s3)ccc2C1=O. The number of carbonyl (C=O) groups excluding carboxylic acids is 1. The normalized spacial score (nSPS) is 13.4. The second-order valence-electron chi connectivity index (χ2n) is 7.99. The van der Waals surface area contributed by atoms with Crippen LogP contribution in [-0.2, 0) is 22.1 Å². The summed E-state index contributed by atoms with van der Waals surface area (Å²) in [6, 6.07) is 18.8. The lowest BCUT2D eigenvalue weighted by Gasteiger charge is -2.06. The number of aromatic nitrogens is 1. The molecule has 0 spiro atoms. The Bertz CT molecular complexity index is 1480. The quantitative estimate of drug-likeness (QED) is 0.284. The molecule has 8 heteroatoms. The zero-order valence-corrected chi connectivity index (χ0v) is 21.4. The highest BCUT2D eigenvalue weighted by atomic mass is 127. The standard InChI is InChI=1S/C25H19IN2O3S2/c1-28-14-19-11-17(2-7-22(19)25(28)29)23-8-9-24(32-23)18-10-16(12-27-13-18)15-33(30,31)21-5-3-20(26)4-6-21/h2-13H,14-15H2,1H3. The van der Waals surface area contributed by atoms with Crippen molar-refractivity contribution >= 4 is 49.7 Å². The third kappa shape index (κ3) is 4.47. The van der Waals surface area contributed by atoms with Gasteiger partial charge in [0, 0.05) is 50.4 Å². The molecule has 166 valence electrons. The lowest BCUT2D eigenvalue weighted by molar-refractivity contribution is 0.0816. The highest BCUT2D eigenvalue weighted by molar-refractivity contribution is 14.1. The molecule has 2 aromatic heterocycles. The third-order valence-electron chi connectivity index (χ3n) is 5.59. The number of rotatable bonds is 5. The Kier molecular flexibility index (Phi) is 5.84. The number of nitrogens with zero attached hydrogens (tertiary/aromatic N) is 2. The summed E-state index contributed by atoms with van der Waals surface area (Å²) in [5, 5.41) is 0. The Balaban J connectivity index is 1.40. The van der Waals surface area contributed by atoms with Crippen molar-refractivity contribution in [3.63, 3.8) is 0 Å². The Labute approximate surface area is 210 Å². The first kappa shape index (κ1) is 22.2. The van der Waals surface area contributed by atoms with Crippen LogP contribution in [-0.4, -0.2) is 31.3 Å². The van der Waals surface area contributed by atoms with Gasteiger partial charge in [0.25, 0.3) is 5.91 Å². The molecule has 0 fully saturated rings. The second kappa shape index (κ2) is 8.66. The van der Waals surface area contributed by atoms with E-state index in [0.717, 1.165) is 35.6 Å². The predicted molar refractivity (Wildman–Crippen MR) is 139 cm³/mol. The van der Waals surface area contributed by atoms with Gasteiger partial charge in [-0.15, -0.1) is 11.3 Å². The number of hydrogen-bond acceptors (Lipinski definition) is 5. The molecule has 3 heterocycles. The number of amides is 1. The van der Waals surface area contributed by atoms with E-state index < -0.39 is 9.84 Å². The molecule has 4 aromatic rings. The van der Waals surface area contributed by atoms with Gasteiger partial charge in [-0.25, -0.2) is 8.42 Å². The van der Waals surface area contributed by atoms with Crippen molar-refractivity contribution < 1.29 is 13.2 Å². The van der Waals surface area contributed by atoms with Gasteiger partial charge >= 0.3 is 0 Å². The van der Waals surface area contributed by atoms with Crippen LogP contribution in [0.2, 0.25) is 0 Å². The minimum atomic E-state index is -3.45. The fourth-order valence-corrected chi connectivity index (χ4v) is 6.57. The van der Waals surface area contributed by atoms with E-state index >= 15 is 0 Å². The Hall–Kier alpha value is -2.56. The maximum atomic E-state index is 12.8. The molecule has 5 rings (SSSR count). The van der Waals surface area contributed by atoms with E-state index in [9.17, 15) is 13.2 Å². The van der Waals surface area contributed by atoms with Gasteiger partial charge in [-0.3, -0.25) is 9.78 Å². The van der Waals surface area contributed by atoms with Gasteiger partial charge in [0.15, 0.2) is 9.84 Å². The van der Waals surface area contributed by atoms with Crippen LogP contribution in [0.5, 0.6) is 0 Å². The minimum absolute atomic E-state index is 0.0616. The molecule has 0 atom stereocenters. The van der Waals surface area contributed by atoms with Crippen LogP contribution in [0.25, 0.3) is 20.9 Å². The third-order valence-corrected chi connectivity index (χ3v) is 9.20. The Morgan fingerprint density at radius 2 is 1.70 bits per heavy atom. The number of benzene rings is 2. The molecule has 0 unspecified atom stereocenters. The molecular formula is C25H19IN2O3S2. The fourth-order valence-electron chi connectivity index (χ4n) is 3.91. The van der Waals surface area contributed by atoms with E-state index in [0.29, 0.717) is 17.0 Å². The first-order valence-electron chi connectivity index (χ1n) is 10.2. The first-order valence-corrected chi connectivity index (χ1v) is 13.8. The monoisotopic (exact) mass is 586 g/mol. The van der Waals surface area contributed by atoms with Crippen LogP contribution in [0.15, 0.2) is 78.0 Å². The Morgan fingerprint density at radius 1 is 0.970 bits per heavy atom. The van der Waals surface area contributed by atoms with E-state index in [1.165, 1.54) is 0 Å². The smallest absolute Gasteiger partial charge is 0.254 e. The van der Waals surface area contributed by atoms with Crippen LogP contribution < -0.4 is 0 Å².